The number of carboxylic acid groups (broad SMARTS) is 1. The minimum atomic E-state index is -0.250. The Bertz CT molecular complexity index is 110. The zero-order valence-electron chi connectivity index (χ0n) is 10.5. The summed E-state index contributed by atoms with van der Waals surface area (Å²) in [5.41, 5.74) is 0. The molecule has 15 heavy (non-hydrogen) atoms. The lowest BCUT2D eigenvalue weighted by atomic mass is 10.3. The van der Waals surface area contributed by atoms with Gasteiger partial charge in [0.25, 0.3) is 6.47 Å². The van der Waals surface area contributed by atoms with E-state index < -0.39 is 0 Å². The Labute approximate surface area is 94.3 Å². The lowest BCUT2D eigenvalue weighted by Gasteiger charge is -2.03. The van der Waals surface area contributed by atoms with Gasteiger partial charge >= 0.3 is 0 Å². The van der Waals surface area contributed by atoms with Crippen molar-refractivity contribution >= 4 is 6.47 Å². The molecule has 0 atom stereocenters. The first-order valence-corrected chi connectivity index (χ1v) is 6.01. The van der Waals surface area contributed by atoms with Gasteiger partial charge in [0.15, 0.2) is 0 Å². The molecule has 0 aromatic rings. The van der Waals surface area contributed by atoms with Crippen molar-refractivity contribution in [3.05, 3.63) is 0 Å². The second-order valence-electron chi connectivity index (χ2n) is 3.73. The first-order chi connectivity index (χ1) is 7.26. The number of carbonyl (C=O) groups is 1. The van der Waals surface area contributed by atoms with Crippen molar-refractivity contribution in [3.63, 3.8) is 0 Å². The van der Waals surface area contributed by atoms with Crippen molar-refractivity contribution in [2.24, 2.45) is 0 Å². The second kappa shape index (κ2) is 15.9. The third-order valence-corrected chi connectivity index (χ3v) is 2.47. The molecule has 0 aliphatic heterocycles. The third kappa shape index (κ3) is 16.1. The van der Waals surface area contributed by atoms with Crippen molar-refractivity contribution < 1.29 is 9.90 Å². The largest absolute Gasteiger partial charge is 0.483 e. The smallest absolute Gasteiger partial charge is 0.290 e. The summed E-state index contributed by atoms with van der Waals surface area (Å²) >= 11 is 0. The van der Waals surface area contributed by atoms with Gasteiger partial charge in [0.1, 0.15) is 0 Å². The summed E-state index contributed by atoms with van der Waals surface area (Å²) in [5, 5.41) is 10.2. The Morgan fingerprint density at radius 1 is 1.27 bits per heavy atom. The molecule has 0 aromatic heterocycles. The summed E-state index contributed by atoms with van der Waals surface area (Å²) < 4.78 is 0. The van der Waals surface area contributed by atoms with Crippen LogP contribution in [0.4, 0.5) is 0 Å². The van der Waals surface area contributed by atoms with Crippen LogP contribution in [0.15, 0.2) is 0 Å². The van der Waals surface area contributed by atoms with Gasteiger partial charge in [-0.25, -0.2) is 0 Å². The van der Waals surface area contributed by atoms with Crippen LogP contribution in [0.5, 0.6) is 0 Å². The Morgan fingerprint density at radius 2 is 1.67 bits per heavy atom. The highest BCUT2D eigenvalue weighted by Gasteiger charge is 2.10. The Hall–Kier alpha value is -0.570. The van der Waals surface area contributed by atoms with Crippen LogP contribution < -0.4 is 5.32 Å². The summed E-state index contributed by atoms with van der Waals surface area (Å²) in [6.07, 6.45) is 9.75. The van der Waals surface area contributed by atoms with Gasteiger partial charge in [0.2, 0.25) is 0 Å². The first kappa shape index (κ1) is 16.8. The molecule has 0 saturated heterocycles. The van der Waals surface area contributed by atoms with Crippen LogP contribution in [0, 0.1) is 0 Å². The standard InChI is InChI=1S/C6H13N.C5H12.CH2O2/c1-7-6-4-2-3-5-6;1-3-5-4-2;2-1-3/h6-7H,2-5H2,1H3;3-5H2,1-2H3;1H,(H,2,3). The molecule has 1 fully saturated rings. The van der Waals surface area contributed by atoms with E-state index in [0.29, 0.717) is 0 Å². The predicted molar refractivity (Wildman–Crippen MR) is 65.2 cm³/mol. The molecule has 3 nitrogen and oxygen atoms in total. The van der Waals surface area contributed by atoms with Crippen LogP contribution in [0.3, 0.4) is 0 Å². The van der Waals surface area contributed by atoms with Gasteiger partial charge in [-0.05, 0) is 19.9 Å². The van der Waals surface area contributed by atoms with E-state index >= 15 is 0 Å². The maximum Gasteiger partial charge on any atom is 0.290 e. The molecule has 0 heterocycles. The number of unbranched alkanes of at least 4 members (excludes halogenated alkanes) is 2. The van der Waals surface area contributed by atoms with Gasteiger partial charge in [-0.1, -0.05) is 46.0 Å². The van der Waals surface area contributed by atoms with Crippen molar-refractivity contribution in [1.82, 2.24) is 5.32 Å². The lowest BCUT2D eigenvalue weighted by Crippen LogP contribution is -2.20. The minimum Gasteiger partial charge on any atom is -0.483 e. The van der Waals surface area contributed by atoms with E-state index in [2.05, 4.69) is 26.2 Å². The number of rotatable bonds is 3. The normalized spacial score (nSPS) is 14.6. The summed E-state index contributed by atoms with van der Waals surface area (Å²) in [6.45, 7) is 4.17. The van der Waals surface area contributed by atoms with Gasteiger partial charge in [0, 0.05) is 6.04 Å². The topological polar surface area (TPSA) is 49.3 Å². The van der Waals surface area contributed by atoms with Gasteiger partial charge in [-0.3, -0.25) is 4.79 Å². The highest BCUT2D eigenvalue weighted by atomic mass is 16.3. The van der Waals surface area contributed by atoms with Crippen molar-refractivity contribution in [3.8, 4) is 0 Å². The Kier molecular flexibility index (Phi) is 17.8. The average Bonchev–Trinajstić information content (AvgIpc) is 2.73. The van der Waals surface area contributed by atoms with Crippen LogP contribution in [-0.2, 0) is 4.79 Å². The summed E-state index contributed by atoms with van der Waals surface area (Å²) in [5.74, 6) is 0. The monoisotopic (exact) mass is 217 g/mol. The molecule has 1 aliphatic carbocycles. The summed E-state index contributed by atoms with van der Waals surface area (Å²) in [7, 11) is 2.05. The Morgan fingerprint density at radius 3 is 1.80 bits per heavy atom. The molecule has 0 unspecified atom stereocenters. The molecule has 0 spiro atoms. The van der Waals surface area contributed by atoms with Crippen LogP contribution in [0.1, 0.15) is 58.8 Å². The van der Waals surface area contributed by atoms with Crippen molar-refractivity contribution in [1.29, 1.82) is 0 Å². The highest BCUT2D eigenvalue weighted by molar-refractivity contribution is 5.32. The second-order valence-corrected chi connectivity index (χ2v) is 3.73. The molecule has 0 bridgehead atoms. The molecule has 0 radical (unpaired) electrons. The van der Waals surface area contributed by atoms with Gasteiger partial charge in [-0.15, -0.1) is 0 Å². The van der Waals surface area contributed by atoms with E-state index in [1.807, 2.05) is 0 Å². The van der Waals surface area contributed by atoms with Gasteiger partial charge < -0.3 is 10.4 Å². The van der Waals surface area contributed by atoms with Crippen molar-refractivity contribution in [2.45, 2.75) is 64.8 Å². The Balaban J connectivity index is 0. The molecular formula is C12H27NO2. The maximum atomic E-state index is 8.36. The maximum absolute atomic E-state index is 8.36. The van der Waals surface area contributed by atoms with Crippen molar-refractivity contribution in [2.75, 3.05) is 7.05 Å². The molecule has 92 valence electrons. The fourth-order valence-corrected chi connectivity index (χ4v) is 1.57. The van der Waals surface area contributed by atoms with Crippen LogP contribution in [0.2, 0.25) is 0 Å². The molecule has 1 aliphatic rings. The first-order valence-electron chi connectivity index (χ1n) is 6.01. The zero-order valence-corrected chi connectivity index (χ0v) is 10.5. The molecule has 0 aromatic carbocycles. The highest BCUT2D eigenvalue weighted by Crippen LogP contribution is 2.16. The fraction of sp³-hybridized carbons (Fsp3) is 0.917. The number of hydrogen-bond donors (Lipinski definition) is 2. The van der Waals surface area contributed by atoms with E-state index in [4.69, 9.17) is 9.90 Å². The molecule has 1 rings (SSSR count). The average molecular weight is 217 g/mol. The van der Waals surface area contributed by atoms with E-state index in [1.54, 1.807) is 0 Å². The van der Waals surface area contributed by atoms with Gasteiger partial charge in [0.05, 0.1) is 0 Å². The molecular weight excluding hydrogens is 190 g/mol. The number of hydrogen-bond acceptors (Lipinski definition) is 2. The van der Waals surface area contributed by atoms with E-state index in [1.165, 1.54) is 44.9 Å². The SMILES string of the molecule is CCCCC.CNC1CCCC1.O=CO. The third-order valence-electron chi connectivity index (χ3n) is 2.47. The molecule has 1 saturated carbocycles. The van der Waals surface area contributed by atoms with E-state index in [9.17, 15) is 0 Å². The molecule has 2 N–H and O–H groups in total. The van der Waals surface area contributed by atoms with Crippen LogP contribution in [-0.4, -0.2) is 24.7 Å². The van der Waals surface area contributed by atoms with Gasteiger partial charge in [-0.2, -0.15) is 0 Å². The van der Waals surface area contributed by atoms with E-state index in [0.717, 1.165) is 6.04 Å². The molecule has 3 heteroatoms. The van der Waals surface area contributed by atoms with Crippen LogP contribution in [0.25, 0.3) is 0 Å². The quantitative estimate of drug-likeness (QED) is 0.714. The fourth-order valence-electron chi connectivity index (χ4n) is 1.57. The lowest BCUT2D eigenvalue weighted by molar-refractivity contribution is -0.122. The minimum absolute atomic E-state index is 0.250. The predicted octanol–water partition coefficient (Wildman–Crippen LogP) is 3.05. The number of nitrogens with one attached hydrogen (secondary N) is 1. The zero-order chi connectivity index (χ0) is 11.9. The summed E-state index contributed by atoms with van der Waals surface area (Å²) in [6, 6.07) is 0.847. The molecule has 0 amide bonds. The van der Waals surface area contributed by atoms with Crippen LogP contribution >= 0.6 is 0 Å². The van der Waals surface area contributed by atoms with E-state index in [-0.39, 0.29) is 6.47 Å². The summed E-state index contributed by atoms with van der Waals surface area (Å²) in [4.78, 5) is 8.36.